The lowest BCUT2D eigenvalue weighted by molar-refractivity contribution is 0.126. The predicted octanol–water partition coefficient (Wildman–Crippen LogP) is 3.73. The summed E-state index contributed by atoms with van der Waals surface area (Å²) in [7, 11) is 0. The molecule has 0 fully saturated rings. The van der Waals surface area contributed by atoms with E-state index in [0.717, 1.165) is 21.0 Å². The number of benzene rings is 1. The third-order valence-electron chi connectivity index (χ3n) is 2.94. The van der Waals surface area contributed by atoms with Crippen LogP contribution in [0.25, 0.3) is 10.2 Å². The van der Waals surface area contributed by atoms with Gasteiger partial charge in [0.1, 0.15) is 17.4 Å². The van der Waals surface area contributed by atoms with Crippen molar-refractivity contribution < 1.29 is 4.74 Å². The van der Waals surface area contributed by atoms with Gasteiger partial charge < -0.3 is 9.30 Å². The Labute approximate surface area is 126 Å². The second-order valence-electron chi connectivity index (χ2n) is 4.33. The summed E-state index contributed by atoms with van der Waals surface area (Å²) in [5.41, 5.74) is 0.948. The molecule has 0 spiro atoms. The van der Waals surface area contributed by atoms with Crippen molar-refractivity contribution >= 4 is 33.2 Å². The average Bonchev–Trinajstić information content (AvgIpc) is 3.02. The van der Waals surface area contributed by atoms with Gasteiger partial charge >= 0.3 is 0 Å². The van der Waals surface area contributed by atoms with Gasteiger partial charge in [-0.3, -0.25) is 0 Å². The first kappa shape index (κ1) is 13.5. The van der Waals surface area contributed by atoms with E-state index in [9.17, 15) is 0 Å². The minimum absolute atomic E-state index is 0.528. The number of hydrogen-bond acceptors (Lipinski definition) is 4. The molecule has 104 valence electrons. The van der Waals surface area contributed by atoms with Crippen molar-refractivity contribution in [1.29, 1.82) is 0 Å². The molecule has 0 atom stereocenters. The number of halogens is 1. The Hall–Kier alpha value is -1.43. The van der Waals surface area contributed by atoms with E-state index in [1.54, 1.807) is 17.5 Å². The van der Waals surface area contributed by atoms with Crippen LogP contribution in [0.1, 0.15) is 17.8 Å². The quantitative estimate of drug-likeness (QED) is 0.721. The van der Waals surface area contributed by atoms with Crippen LogP contribution >= 0.6 is 22.9 Å². The fourth-order valence-corrected chi connectivity index (χ4v) is 3.09. The lowest BCUT2D eigenvalue weighted by Gasteiger charge is -2.05. The van der Waals surface area contributed by atoms with Gasteiger partial charge in [-0.1, -0.05) is 11.6 Å². The lowest BCUT2D eigenvalue weighted by Crippen LogP contribution is -2.06. The van der Waals surface area contributed by atoms with Crippen molar-refractivity contribution in [3.8, 4) is 0 Å². The van der Waals surface area contributed by atoms with Crippen molar-refractivity contribution in [1.82, 2.24) is 14.5 Å². The summed E-state index contributed by atoms with van der Waals surface area (Å²) in [6, 6.07) is 5.79. The molecule has 0 radical (unpaired) electrons. The topological polar surface area (TPSA) is 39.9 Å². The van der Waals surface area contributed by atoms with Crippen molar-refractivity contribution in [2.75, 3.05) is 6.61 Å². The molecule has 0 aliphatic carbocycles. The zero-order valence-electron chi connectivity index (χ0n) is 11.0. The largest absolute Gasteiger partial charge is 0.374 e. The summed E-state index contributed by atoms with van der Waals surface area (Å²) in [6.45, 7) is 3.90. The molecule has 1 aromatic carbocycles. The summed E-state index contributed by atoms with van der Waals surface area (Å²) in [5.74, 6) is 0.920. The highest BCUT2D eigenvalue weighted by Crippen LogP contribution is 2.25. The highest BCUT2D eigenvalue weighted by atomic mass is 35.5. The third kappa shape index (κ3) is 2.85. The van der Waals surface area contributed by atoms with Crippen LogP contribution in [-0.2, 0) is 17.9 Å². The Kier molecular flexibility index (Phi) is 4.00. The molecule has 3 aromatic rings. The van der Waals surface area contributed by atoms with E-state index >= 15 is 0 Å². The van der Waals surface area contributed by atoms with Gasteiger partial charge in [0.25, 0.3) is 0 Å². The second-order valence-corrected chi connectivity index (χ2v) is 5.88. The lowest BCUT2D eigenvalue weighted by atomic mass is 10.3. The molecule has 0 aliphatic rings. The molecule has 3 rings (SSSR count). The highest BCUT2D eigenvalue weighted by Gasteiger charge is 2.08. The first-order valence-electron chi connectivity index (χ1n) is 6.39. The summed E-state index contributed by atoms with van der Waals surface area (Å²) in [6.07, 6.45) is 3.74. The number of rotatable bonds is 5. The summed E-state index contributed by atoms with van der Waals surface area (Å²) < 4.78 is 8.63. The van der Waals surface area contributed by atoms with Crippen molar-refractivity contribution in [3.63, 3.8) is 0 Å². The monoisotopic (exact) mass is 307 g/mol. The highest BCUT2D eigenvalue weighted by molar-refractivity contribution is 7.18. The zero-order valence-corrected chi connectivity index (χ0v) is 12.6. The number of aromatic nitrogens is 3. The maximum atomic E-state index is 5.99. The van der Waals surface area contributed by atoms with Crippen LogP contribution in [-0.4, -0.2) is 21.1 Å². The normalized spacial score (nSPS) is 11.3. The van der Waals surface area contributed by atoms with Crippen molar-refractivity contribution in [2.24, 2.45) is 0 Å². The minimum atomic E-state index is 0.528. The SMILES string of the molecule is CCOCc1nccn1Cc1nc2cc(Cl)ccc2s1. The Bertz CT molecular complexity index is 722. The molecule has 0 amide bonds. The second kappa shape index (κ2) is 5.91. The van der Waals surface area contributed by atoms with Gasteiger partial charge in [-0.05, 0) is 25.1 Å². The molecule has 2 aromatic heterocycles. The van der Waals surface area contributed by atoms with Gasteiger partial charge in [-0.15, -0.1) is 11.3 Å². The fraction of sp³-hybridized carbons (Fsp3) is 0.286. The van der Waals surface area contributed by atoms with E-state index in [1.807, 2.05) is 31.3 Å². The number of nitrogens with zero attached hydrogens (tertiary/aromatic N) is 3. The Balaban J connectivity index is 1.84. The molecule has 6 heteroatoms. The third-order valence-corrected chi connectivity index (χ3v) is 4.19. The summed E-state index contributed by atoms with van der Waals surface area (Å²) in [4.78, 5) is 8.93. The molecule has 0 saturated carbocycles. The van der Waals surface area contributed by atoms with E-state index in [0.29, 0.717) is 24.8 Å². The van der Waals surface area contributed by atoms with Crippen LogP contribution in [0.2, 0.25) is 5.02 Å². The number of fused-ring (bicyclic) bond motifs is 1. The molecule has 4 nitrogen and oxygen atoms in total. The molecule has 0 unspecified atom stereocenters. The molecule has 0 aliphatic heterocycles. The first-order chi connectivity index (χ1) is 9.76. The van der Waals surface area contributed by atoms with Crippen LogP contribution in [0, 0.1) is 0 Å². The minimum Gasteiger partial charge on any atom is -0.374 e. The van der Waals surface area contributed by atoms with E-state index in [1.165, 1.54) is 0 Å². The van der Waals surface area contributed by atoms with Gasteiger partial charge in [-0.25, -0.2) is 9.97 Å². The number of thiazole rings is 1. The van der Waals surface area contributed by atoms with Crippen LogP contribution in [0.3, 0.4) is 0 Å². The first-order valence-corrected chi connectivity index (χ1v) is 7.58. The van der Waals surface area contributed by atoms with Gasteiger partial charge in [-0.2, -0.15) is 0 Å². The predicted molar refractivity (Wildman–Crippen MR) is 81.3 cm³/mol. The smallest absolute Gasteiger partial charge is 0.135 e. The van der Waals surface area contributed by atoms with Gasteiger partial charge in [0.2, 0.25) is 0 Å². The number of hydrogen-bond donors (Lipinski definition) is 0. The molecule has 0 bridgehead atoms. The maximum absolute atomic E-state index is 5.99. The van der Waals surface area contributed by atoms with Crippen LogP contribution < -0.4 is 0 Å². The van der Waals surface area contributed by atoms with E-state index in [2.05, 4.69) is 14.5 Å². The standard InChI is InChI=1S/C14H14ClN3OS/c1-2-19-9-13-16-5-6-18(13)8-14-17-11-7-10(15)3-4-12(11)20-14/h3-7H,2,8-9H2,1H3. The summed E-state index contributed by atoms with van der Waals surface area (Å²) >= 11 is 7.66. The summed E-state index contributed by atoms with van der Waals surface area (Å²) in [5, 5.41) is 1.76. The van der Waals surface area contributed by atoms with Gasteiger partial charge in [0.15, 0.2) is 0 Å². The van der Waals surface area contributed by atoms with E-state index < -0.39 is 0 Å². The van der Waals surface area contributed by atoms with Crippen LogP contribution in [0.4, 0.5) is 0 Å². The van der Waals surface area contributed by atoms with Crippen molar-refractivity contribution in [2.45, 2.75) is 20.1 Å². The molecule has 2 heterocycles. The van der Waals surface area contributed by atoms with Gasteiger partial charge in [0, 0.05) is 24.0 Å². The molecular formula is C14H14ClN3OS. The fourth-order valence-electron chi connectivity index (χ4n) is 1.98. The van der Waals surface area contributed by atoms with E-state index in [4.69, 9.17) is 16.3 Å². The molecule has 0 N–H and O–H groups in total. The maximum Gasteiger partial charge on any atom is 0.135 e. The van der Waals surface area contributed by atoms with Gasteiger partial charge in [0.05, 0.1) is 16.8 Å². The molecule has 20 heavy (non-hydrogen) atoms. The number of imidazole rings is 1. The van der Waals surface area contributed by atoms with Crippen LogP contribution in [0.15, 0.2) is 30.6 Å². The van der Waals surface area contributed by atoms with E-state index in [-0.39, 0.29) is 0 Å². The Morgan fingerprint density at radius 3 is 3.15 bits per heavy atom. The molecule has 0 saturated heterocycles. The average molecular weight is 308 g/mol. The zero-order chi connectivity index (χ0) is 13.9. The Morgan fingerprint density at radius 1 is 1.40 bits per heavy atom. The van der Waals surface area contributed by atoms with Crippen LogP contribution in [0.5, 0.6) is 0 Å². The number of ether oxygens (including phenoxy) is 1. The van der Waals surface area contributed by atoms with Crippen molar-refractivity contribution in [3.05, 3.63) is 46.4 Å². The Morgan fingerprint density at radius 2 is 2.30 bits per heavy atom. The molecular weight excluding hydrogens is 294 g/mol.